The van der Waals surface area contributed by atoms with Gasteiger partial charge in [-0.2, -0.15) is 0 Å². The van der Waals surface area contributed by atoms with Gasteiger partial charge in [-0.05, 0) is 30.7 Å². The number of nitro groups is 2. The summed E-state index contributed by atoms with van der Waals surface area (Å²) < 4.78 is 5.15. The van der Waals surface area contributed by atoms with Crippen LogP contribution < -0.4 is 0 Å². The van der Waals surface area contributed by atoms with Crippen LogP contribution in [-0.2, 0) is 25.7 Å². The standard InChI is InChI=1S/C23H18N4O11/c1-11(29)18(23(33)38-10-12-2-4-13(5-3-12)26(34)35)24-17(9-28)19(22(24)32)25-20(30)15-7-6-14(27(36)37)8-16(15)21(25)31/h2-9,11,17-19,29H,10H2,1H3. The molecule has 2 aliphatic heterocycles. The number of hydrogen-bond donors (Lipinski definition) is 1. The predicted octanol–water partition coefficient (Wildman–Crippen LogP) is 0.370. The number of carbonyl (C=O) groups is 5. The number of benzene rings is 2. The second-order valence-corrected chi connectivity index (χ2v) is 8.50. The van der Waals surface area contributed by atoms with Crippen molar-refractivity contribution in [1.82, 2.24) is 9.80 Å². The van der Waals surface area contributed by atoms with Gasteiger partial charge in [0.25, 0.3) is 23.2 Å². The fraction of sp³-hybridized carbons (Fsp3) is 0.261. The van der Waals surface area contributed by atoms with Gasteiger partial charge in [0.05, 0.1) is 27.1 Å². The molecule has 2 aliphatic rings. The zero-order valence-corrected chi connectivity index (χ0v) is 19.5. The molecular weight excluding hydrogens is 508 g/mol. The number of nitrogens with zero attached hydrogens (tertiary/aromatic N) is 4. The van der Waals surface area contributed by atoms with Crippen molar-refractivity contribution in [1.29, 1.82) is 0 Å². The summed E-state index contributed by atoms with van der Waals surface area (Å²) in [5, 5.41) is 32.0. The molecule has 2 aromatic carbocycles. The number of carbonyl (C=O) groups excluding carboxylic acids is 5. The number of aliphatic hydroxyl groups excluding tert-OH is 1. The number of ether oxygens (including phenoxy) is 1. The van der Waals surface area contributed by atoms with Crippen LogP contribution in [0.4, 0.5) is 11.4 Å². The number of nitro benzene ring substituents is 2. The number of aliphatic hydroxyl groups is 1. The third kappa shape index (κ3) is 4.24. The van der Waals surface area contributed by atoms with E-state index in [0.717, 1.165) is 18.2 Å². The number of hydrogen-bond acceptors (Lipinski definition) is 11. The van der Waals surface area contributed by atoms with Crippen LogP contribution in [0.15, 0.2) is 42.5 Å². The van der Waals surface area contributed by atoms with Crippen molar-refractivity contribution in [2.24, 2.45) is 0 Å². The molecule has 15 heteroatoms. The topological polar surface area (TPSA) is 208 Å². The molecule has 4 atom stereocenters. The van der Waals surface area contributed by atoms with Crippen molar-refractivity contribution >= 4 is 41.4 Å². The lowest BCUT2D eigenvalue weighted by Gasteiger charge is -2.50. The number of likely N-dealkylation sites (tertiary alicyclic amines) is 1. The molecule has 1 N–H and O–H groups in total. The number of fused-ring (bicyclic) bond motifs is 1. The van der Waals surface area contributed by atoms with Crippen molar-refractivity contribution < 1.29 is 43.7 Å². The molecule has 3 amide bonds. The van der Waals surface area contributed by atoms with E-state index in [-0.39, 0.29) is 29.7 Å². The molecule has 1 saturated heterocycles. The van der Waals surface area contributed by atoms with Crippen molar-refractivity contribution in [3.05, 3.63) is 79.4 Å². The molecule has 4 rings (SSSR count). The van der Waals surface area contributed by atoms with Gasteiger partial charge in [-0.3, -0.25) is 39.5 Å². The normalized spacial score (nSPS) is 19.9. The molecule has 196 valence electrons. The van der Waals surface area contributed by atoms with Gasteiger partial charge in [0.1, 0.15) is 25.0 Å². The van der Waals surface area contributed by atoms with Crippen LogP contribution in [0.3, 0.4) is 0 Å². The number of imide groups is 1. The molecule has 0 aliphatic carbocycles. The highest BCUT2D eigenvalue weighted by molar-refractivity contribution is 6.24. The minimum Gasteiger partial charge on any atom is -0.459 e. The van der Waals surface area contributed by atoms with Gasteiger partial charge in [-0.15, -0.1) is 0 Å². The van der Waals surface area contributed by atoms with E-state index in [1.165, 1.54) is 31.2 Å². The maximum Gasteiger partial charge on any atom is 0.331 e. The fourth-order valence-electron chi connectivity index (χ4n) is 4.35. The van der Waals surface area contributed by atoms with Gasteiger partial charge in [0.2, 0.25) is 5.91 Å². The smallest absolute Gasteiger partial charge is 0.331 e. The van der Waals surface area contributed by atoms with Crippen LogP contribution in [0.1, 0.15) is 33.2 Å². The molecule has 0 bridgehead atoms. The Labute approximate surface area is 212 Å². The predicted molar refractivity (Wildman–Crippen MR) is 122 cm³/mol. The van der Waals surface area contributed by atoms with Gasteiger partial charge < -0.3 is 19.5 Å². The Morgan fingerprint density at radius 2 is 1.61 bits per heavy atom. The number of esters is 1. The van der Waals surface area contributed by atoms with E-state index in [4.69, 9.17) is 4.74 Å². The first-order valence-corrected chi connectivity index (χ1v) is 11.0. The SMILES string of the molecule is CC(O)C(C(=O)OCc1ccc([N+](=O)[O-])cc1)N1C(=O)C(N2C(=O)c3ccc([N+](=O)[O-])cc3C2=O)C1C=O. The molecule has 1 fully saturated rings. The monoisotopic (exact) mass is 526 g/mol. The van der Waals surface area contributed by atoms with Gasteiger partial charge in [0.15, 0.2) is 6.04 Å². The van der Waals surface area contributed by atoms with Crippen molar-refractivity contribution in [2.45, 2.75) is 37.8 Å². The van der Waals surface area contributed by atoms with Crippen LogP contribution in [0.2, 0.25) is 0 Å². The molecular formula is C23H18N4O11. The maximum absolute atomic E-state index is 13.1. The maximum atomic E-state index is 13.1. The molecule has 4 unspecified atom stereocenters. The number of rotatable bonds is 9. The average molecular weight is 526 g/mol. The van der Waals surface area contributed by atoms with E-state index >= 15 is 0 Å². The number of β-lactam (4-membered cyclic amide) rings is 1. The molecule has 15 nitrogen and oxygen atoms in total. The molecule has 0 saturated carbocycles. The van der Waals surface area contributed by atoms with Gasteiger partial charge in [-0.1, -0.05) is 0 Å². The Kier molecular flexibility index (Phi) is 6.70. The van der Waals surface area contributed by atoms with E-state index in [2.05, 4.69) is 0 Å². The highest BCUT2D eigenvalue weighted by Gasteiger charge is 2.60. The lowest BCUT2D eigenvalue weighted by atomic mass is 9.90. The van der Waals surface area contributed by atoms with E-state index in [1.807, 2.05) is 0 Å². The second-order valence-electron chi connectivity index (χ2n) is 8.50. The summed E-state index contributed by atoms with van der Waals surface area (Å²) in [6, 6.07) is 3.22. The van der Waals surface area contributed by atoms with Gasteiger partial charge in [0, 0.05) is 24.3 Å². The Morgan fingerprint density at radius 3 is 2.16 bits per heavy atom. The summed E-state index contributed by atoms with van der Waals surface area (Å²) in [4.78, 5) is 85.2. The Morgan fingerprint density at radius 1 is 1.03 bits per heavy atom. The molecule has 2 heterocycles. The molecule has 2 aromatic rings. The fourth-order valence-corrected chi connectivity index (χ4v) is 4.35. The Bertz CT molecular complexity index is 1390. The highest BCUT2D eigenvalue weighted by Crippen LogP contribution is 2.35. The summed E-state index contributed by atoms with van der Waals surface area (Å²) in [5.74, 6) is -4.06. The average Bonchev–Trinajstić information content (AvgIpc) is 3.12. The van der Waals surface area contributed by atoms with E-state index in [1.54, 1.807) is 0 Å². The summed E-state index contributed by atoms with van der Waals surface area (Å²) >= 11 is 0. The summed E-state index contributed by atoms with van der Waals surface area (Å²) in [7, 11) is 0. The summed E-state index contributed by atoms with van der Waals surface area (Å²) in [6.45, 7) is 0.801. The summed E-state index contributed by atoms with van der Waals surface area (Å²) in [6.07, 6.45) is -1.30. The second kappa shape index (κ2) is 9.78. The Hall–Kier alpha value is -5.05. The lowest BCUT2D eigenvalue weighted by Crippen LogP contribution is -2.76. The molecule has 38 heavy (non-hydrogen) atoms. The van der Waals surface area contributed by atoms with Crippen LogP contribution in [0.25, 0.3) is 0 Å². The minimum absolute atomic E-state index is 0.185. The van der Waals surface area contributed by atoms with Crippen molar-refractivity contribution in [3.8, 4) is 0 Å². The van der Waals surface area contributed by atoms with Gasteiger partial charge in [-0.25, -0.2) is 4.79 Å². The third-order valence-electron chi connectivity index (χ3n) is 6.21. The van der Waals surface area contributed by atoms with Crippen LogP contribution >= 0.6 is 0 Å². The first-order valence-electron chi connectivity index (χ1n) is 11.0. The zero-order valence-electron chi connectivity index (χ0n) is 19.5. The first-order chi connectivity index (χ1) is 18.0. The first kappa shape index (κ1) is 26.0. The van der Waals surface area contributed by atoms with E-state index in [0.29, 0.717) is 15.4 Å². The number of non-ortho nitro benzene ring substituents is 2. The van der Waals surface area contributed by atoms with E-state index < -0.39 is 63.5 Å². The van der Waals surface area contributed by atoms with Gasteiger partial charge >= 0.3 is 5.97 Å². The van der Waals surface area contributed by atoms with Crippen LogP contribution in [0, 0.1) is 20.2 Å². The molecule has 0 spiro atoms. The molecule has 0 aromatic heterocycles. The number of amides is 3. The van der Waals surface area contributed by atoms with Crippen molar-refractivity contribution in [3.63, 3.8) is 0 Å². The van der Waals surface area contributed by atoms with E-state index in [9.17, 15) is 49.3 Å². The van der Waals surface area contributed by atoms with Crippen molar-refractivity contribution in [2.75, 3.05) is 0 Å². The largest absolute Gasteiger partial charge is 0.459 e. The zero-order chi connectivity index (χ0) is 27.9. The quantitative estimate of drug-likeness (QED) is 0.118. The van der Waals surface area contributed by atoms with Crippen LogP contribution in [-0.4, -0.2) is 79.0 Å². The summed E-state index contributed by atoms with van der Waals surface area (Å²) in [5.41, 5.74) is -0.769. The lowest BCUT2D eigenvalue weighted by molar-refractivity contribution is -0.385. The third-order valence-corrected chi connectivity index (χ3v) is 6.21. The highest BCUT2D eigenvalue weighted by atomic mass is 16.6. The Balaban J connectivity index is 1.52. The number of aldehydes is 1. The van der Waals surface area contributed by atoms with Crippen LogP contribution in [0.5, 0.6) is 0 Å². The molecule has 0 radical (unpaired) electrons. The minimum atomic E-state index is -1.68.